The van der Waals surface area contributed by atoms with Crippen LogP contribution in [0.5, 0.6) is 0 Å². The van der Waals surface area contributed by atoms with Crippen LogP contribution in [0, 0.1) is 7.40 Å². The fourth-order valence-corrected chi connectivity index (χ4v) is 2.37. The van der Waals surface area contributed by atoms with E-state index >= 15 is 0 Å². The monoisotopic (exact) mass is 388 g/mol. The largest absolute Gasteiger partial charge is 0.226 e. The van der Waals surface area contributed by atoms with Crippen LogP contribution >= 0.6 is 45.2 Å². The minimum absolute atomic E-state index is 0.0428. The van der Waals surface area contributed by atoms with E-state index in [9.17, 15) is 0 Å². The average molecular weight is 388 g/mol. The van der Waals surface area contributed by atoms with Crippen LogP contribution in [-0.2, 0) is 5.41 Å². The van der Waals surface area contributed by atoms with Crippen LogP contribution in [0.25, 0.3) is 0 Å². The predicted octanol–water partition coefficient (Wildman–Crippen LogP) is 2.98. The van der Waals surface area contributed by atoms with Crippen LogP contribution in [0.3, 0.4) is 0 Å². The van der Waals surface area contributed by atoms with Gasteiger partial charge in [0, 0.05) is 11.5 Å². The molecule has 0 saturated carbocycles. The summed E-state index contributed by atoms with van der Waals surface area (Å²) in [7, 11) is 0. The van der Waals surface area contributed by atoms with E-state index in [2.05, 4.69) is 75.9 Å². The second kappa shape index (κ2) is 3.73. The highest BCUT2D eigenvalue weighted by atomic mass is 127. The molecule has 1 aromatic heterocycles. The van der Waals surface area contributed by atoms with Crippen molar-refractivity contribution in [3.05, 3.63) is 19.3 Å². The first-order valence-electron chi connectivity index (χ1n) is 3.60. The number of hydrogen-bond donors (Lipinski definition) is 0. The Hall–Kier alpha value is 0.540. The maximum absolute atomic E-state index is 4.38. The number of rotatable bonds is 0. The van der Waals surface area contributed by atoms with Crippen molar-refractivity contribution >= 4 is 45.2 Å². The fourth-order valence-electron chi connectivity index (χ4n) is 0.726. The maximum atomic E-state index is 4.38. The Morgan fingerprint density at radius 1 is 1.08 bits per heavy atom. The molecule has 0 fully saturated rings. The van der Waals surface area contributed by atoms with Gasteiger partial charge in [-0.1, -0.05) is 20.8 Å². The van der Waals surface area contributed by atoms with Crippen molar-refractivity contribution in [2.75, 3.05) is 0 Å². The molecular formula is C8H10I2N2. The molecule has 1 rings (SSSR count). The first-order chi connectivity index (χ1) is 5.39. The zero-order valence-electron chi connectivity index (χ0n) is 7.23. The zero-order valence-corrected chi connectivity index (χ0v) is 11.5. The summed E-state index contributed by atoms with van der Waals surface area (Å²) in [5.41, 5.74) is 0.0428. The van der Waals surface area contributed by atoms with Crippen molar-refractivity contribution in [3.63, 3.8) is 0 Å². The van der Waals surface area contributed by atoms with Gasteiger partial charge >= 0.3 is 0 Å². The molecule has 0 N–H and O–H groups in total. The molecule has 1 heterocycles. The van der Waals surface area contributed by atoms with Crippen LogP contribution in [0.4, 0.5) is 0 Å². The SMILES string of the molecule is CC(C)(C)c1nc(I)cc(I)n1. The van der Waals surface area contributed by atoms with E-state index in [0.29, 0.717) is 0 Å². The lowest BCUT2D eigenvalue weighted by molar-refractivity contribution is 0.541. The molecule has 0 radical (unpaired) electrons. The smallest absolute Gasteiger partial charge is 0.136 e. The fraction of sp³-hybridized carbons (Fsp3) is 0.500. The van der Waals surface area contributed by atoms with Crippen LogP contribution < -0.4 is 0 Å². The summed E-state index contributed by atoms with van der Waals surface area (Å²) in [5, 5.41) is 0. The van der Waals surface area contributed by atoms with E-state index in [1.165, 1.54) is 0 Å². The van der Waals surface area contributed by atoms with Crippen molar-refractivity contribution < 1.29 is 0 Å². The predicted molar refractivity (Wildman–Crippen MR) is 66.2 cm³/mol. The Bertz CT molecular complexity index is 271. The highest BCUT2D eigenvalue weighted by Gasteiger charge is 2.17. The lowest BCUT2D eigenvalue weighted by atomic mass is 9.96. The highest BCUT2D eigenvalue weighted by molar-refractivity contribution is 14.1. The van der Waals surface area contributed by atoms with E-state index < -0.39 is 0 Å². The molecule has 4 heteroatoms. The first kappa shape index (κ1) is 10.6. The molecule has 0 unspecified atom stereocenters. The topological polar surface area (TPSA) is 25.8 Å². The molecule has 2 nitrogen and oxygen atoms in total. The summed E-state index contributed by atoms with van der Waals surface area (Å²) >= 11 is 4.43. The van der Waals surface area contributed by atoms with E-state index in [4.69, 9.17) is 0 Å². The van der Waals surface area contributed by atoms with Crippen LogP contribution in [-0.4, -0.2) is 9.97 Å². The summed E-state index contributed by atoms with van der Waals surface area (Å²) in [6, 6.07) is 1.97. The molecule has 0 aliphatic carbocycles. The molecule has 0 spiro atoms. The average Bonchev–Trinajstić information content (AvgIpc) is 1.82. The van der Waals surface area contributed by atoms with Gasteiger partial charge in [0.05, 0.1) is 0 Å². The van der Waals surface area contributed by atoms with Gasteiger partial charge in [0.1, 0.15) is 13.2 Å². The second-order valence-corrected chi connectivity index (χ2v) is 5.80. The molecule has 0 amide bonds. The van der Waals surface area contributed by atoms with E-state index in [0.717, 1.165) is 13.2 Å². The molecule has 0 atom stereocenters. The number of nitrogens with zero attached hydrogens (tertiary/aromatic N) is 2. The van der Waals surface area contributed by atoms with E-state index in [1.807, 2.05) is 6.07 Å². The number of hydrogen-bond acceptors (Lipinski definition) is 2. The van der Waals surface area contributed by atoms with Crippen molar-refractivity contribution in [2.45, 2.75) is 26.2 Å². The summed E-state index contributed by atoms with van der Waals surface area (Å²) < 4.78 is 2.02. The third kappa shape index (κ3) is 2.79. The second-order valence-electron chi connectivity index (χ2n) is 3.59. The summed E-state index contributed by atoms with van der Waals surface area (Å²) in [5.74, 6) is 0.916. The van der Waals surface area contributed by atoms with Gasteiger partial charge in [0.15, 0.2) is 0 Å². The van der Waals surface area contributed by atoms with E-state index in [1.54, 1.807) is 0 Å². The molecule has 12 heavy (non-hydrogen) atoms. The zero-order chi connectivity index (χ0) is 9.35. The molecule has 0 saturated heterocycles. The van der Waals surface area contributed by atoms with Crippen LogP contribution in [0.2, 0.25) is 0 Å². The van der Waals surface area contributed by atoms with Crippen molar-refractivity contribution in [2.24, 2.45) is 0 Å². The third-order valence-electron chi connectivity index (χ3n) is 1.33. The lowest BCUT2D eigenvalue weighted by Gasteiger charge is -2.16. The van der Waals surface area contributed by atoms with Crippen LogP contribution in [0.1, 0.15) is 26.6 Å². The van der Waals surface area contributed by atoms with E-state index in [-0.39, 0.29) is 5.41 Å². The van der Waals surface area contributed by atoms with Gasteiger partial charge in [-0.15, -0.1) is 0 Å². The Balaban J connectivity index is 3.18. The maximum Gasteiger partial charge on any atom is 0.136 e. The summed E-state index contributed by atoms with van der Waals surface area (Å²) in [6.45, 7) is 6.36. The normalized spacial score (nSPS) is 11.8. The molecule has 1 aromatic rings. The Kier molecular flexibility index (Phi) is 3.30. The van der Waals surface area contributed by atoms with Crippen molar-refractivity contribution in [3.8, 4) is 0 Å². The number of aromatic nitrogens is 2. The molecular weight excluding hydrogens is 378 g/mol. The minimum atomic E-state index is 0.0428. The van der Waals surface area contributed by atoms with Gasteiger partial charge < -0.3 is 0 Å². The van der Waals surface area contributed by atoms with Gasteiger partial charge in [0.2, 0.25) is 0 Å². The Labute approximate surface area is 99.9 Å². The molecule has 0 aliphatic rings. The van der Waals surface area contributed by atoms with Gasteiger partial charge in [-0.25, -0.2) is 9.97 Å². The Morgan fingerprint density at radius 2 is 1.50 bits per heavy atom. The van der Waals surface area contributed by atoms with Crippen molar-refractivity contribution in [1.82, 2.24) is 9.97 Å². The van der Waals surface area contributed by atoms with Gasteiger partial charge in [-0.2, -0.15) is 0 Å². The lowest BCUT2D eigenvalue weighted by Crippen LogP contribution is -2.17. The highest BCUT2D eigenvalue weighted by Crippen LogP contribution is 2.19. The molecule has 0 bridgehead atoms. The van der Waals surface area contributed by atoms with Crippen molar-refractivity contribution in [1.29, 1.82) is 0 Å². The van der Waals surface area contributed by atoms with Gasteiger partial charge in [-0.3, -0.25) is 0 Å². The summed E-state index contributed by atoms with van der Waals surface area (Å²) in [6.07, 6.45) is 0. The standard InChI is InChI=1S/C8H10I2N2/c1-8(2,3)7-11-5(9)4-6(10)12-7/h4H,1-3H3. The Morgan fingerprint density at radius 3 is 1.83 bits per heavy atom. The molecule has 0 aliphatic heterocycles. The molecule has 0 aromatic carbocycles. The minimum Gasteiger partial charge on any atom is -0.226 e. The first-order valence-corrected chi connectivity index (χ1v) is 5.76. The van der Waals surface area contributed by atoms with Gasteiger partial charge in [0.25, 0.3) is 0 Å². The third-order valence-corrected chi connectivity index (χ3v) is 2.44. The van der Waals surface area contributed by atoms with Crippen LogP contribution in [0.15, 0.2) is 6.07 Å². The number of halogens is 2. The van der Waals surface area contributed by atoms with Gasteiger partial charge in [-0.05, 0) is 45.2 Å². The summed E-state index contributed by atoms with van der Waals surface area (Å²) in [4.78, 5) is 8.75. The quantitative estimate of drug-likeness (QED) is 0.505. The molecule has 66 valence electrons.